The molecule has 0 radical (unpaired) electrons. The first-order chi connectivity index (χ1) is 13.6. The number of likely N-dealkylation sites (tertiary alicyclic amines) is 1. The Morgan fingerprint density at radius 1 is 1.29 bits per heavy atom. The summed E-state index contributed by atoms with van der Waals surface area (Å²) in [6.07, 6.45) is 3.11. The molecule has 0 unspecified atom stereocenters. The number of ether oxygens (including phenoxy) is 1. The van der Waals surface area contributed by atoms with Gasteiger partial charge in [-0.3, -0.25) is 9.79 Å². The molecule has 3 rings (SSSR count). The van der Waals surface area contributed by atoms with Crippen molar-refractivity contribution in [3.05, 3.63) is 24.3 Å². The predicted molar refractivity (Wildman–Crippen MR) is 113 cm³/mol. The van der Waals surface area contributed by atoms with Gasteiger partial charge >= 0.3 is 0 Å². The zero-order valence-electron chi connectivity index (χ0n) is 17.3. The van der Waals surface area contributed by atoms with Crippen molar-refractivity contribution < 1.29 is 9.53 Å². The number of nitrogens with zero attached hydrogens (tertiary/aromatic N) is 3. The van der Waals surface area contributed by atoms with E-state index in [-0.39, 0.29) is 12.5 Å². The highest BCUT2D eigenvalue weighted by molar-refractivity contribution is 5.97. The number of guanidine groups is 1. The minimum absolute atomic E-state index is 0.0121. The second-order valence-electron chi connectivity index (χ2n) is 7.70. The second kappa shape index (κ2) is 9.78. The van der Waals surface area contributed by atoms with E-state index in [9.17, 15) is 4.79 Å². The first-order valence-electron chi connectivity index (χ1n) is 10.3. The van der Waals surface area contributed by atoms with Gasteiger partial charge in [-0.25, -0.2) is 0 Å². The van der Waals surface area contributed by atoms with Gasteiger partial charge in [0.1, 0.15) is 5.75 Å². The third kappa shape index (κ3) is 5.16. The van der Waals surface area contributed by atoms with Crippen LogP contribution >= 0.6 is 0 Å². The molecule has 1 amide bonds. The highest BCUT2D eigenvalue weighted by atomic mass is 16.5. The van der Waals surface area contributed by atoms with E-state index in [4.69, 9.17) is 4.74 Å². The number of hydrogen-bond acceptors (Lipinski definition) is 4. The molecule has 1 fully saturated rings. The van der Waals surface area contributed by atoms with Crippen molar-refractivity contribution in [1.82, 2.24) is 15.5 Å². The number of hydrogen-bond donors (Lipinski definition) is 2. The smallest absolute Gasteiger partial charge is 0.265 e. The maximum Gasteiger partial charge on any atom is 0.265 e. The SMILES string of the molecule is CN=C(NCCCN1C(=O)COc2ccccc21)NC1CCN(C(C)C)CC1. The van der Waals surface area contributed by atoms with Crippen LogP contribution in [0.25, 0.3) is 0 Å². The Morgan fingerprint density at radius 3 is 2.75 bits per heavy atom. The van der Waals surface area contributed by atoms with E-state index in [1.165, 1.54) is 0 Å². The van der Waals surface area contributed by atoms with Crippen molar-refractivity contribution in [2.45, 2.75) is 45.2 Å². The number of nitrogens with one attached hydrogen (secondary N) is 2. The van der Waals surface area contributed by atoms with Crippen molar-refractivity contribution in [3.8, 4) is 5.75 Å². The molecule has 2 N–H and O–H groups in total. The van der Waals surface area contributed by atoms with E-state index in [0.717, 1.165) is 56.3 Å². The number of aliphatic imine (C=N–C) groups is 1. The van der Waals surface area contributed by atoms with Crippen molar-refractivity contribution in [2.24, 2.45) is 4.99 Å². The van der Waals surface area contributed by atoms with Gasteiger partial charge in [-0.2, -0.15) is 0 Å². The molecule has 0 bridgehead atoms. The van der Waals surface area contributed by atoms with Crippen LogP contribution in [-0.4, -0.2) is 68.7 Å². The number of carbonyl (C=O) groups is 1. The third-order valence-corrected chi connectivity index (χ3v) is 5.48. The number of carbonyl (C=O) groups excluding carboxylic acids is 1. The Kier molecular flexibility index (Phi) is 7.14. The molecule has 1 aromatic rings. The minimum Gasteiger partial charge on any atom is -0.482 e. The van der Waals surface area contributed by atoms with Crippen LogP contribution in [0.2, 0.25) is 0 Å². The third-order valence-electron chi connectivity index (χ3n) is 5.48. The van der Waals surface area contributed by atoms with Crippen LogP contribution in [0, 0.1) is 0 Å². The van der Waals surface area contributed by atoms with E-state index in [0.29, 0.717) is 18.6 Å². The van der Waals surface area contributed by atoms with Gasteiger partial charge < -0.3 is 25.2 Å². The van der Waals surface area contributed by atoms with Gasteiger partial charge in [-0.05, 0) is 45.2 Å². The molecule has 2 aliphatic heterocycles. The zero-order valence-corrected chi connectivity index (χ0v) is 17.3. The lowest BCUT2D eigenvalue weighted by atomic mass is 10.0. The van der Waals surface area contributed by atoms with Crippen molar-refractivity contribution in [1.29, 1.82) is 0 Å². The zero-order chi connectivity index (χ0) is 19.9. The molecular formula is C21H33N5O2. The Labute approximate surface area is 168 Å². The van der Waals surface area contributed by atoms with Gasteiger partial charge in [0, 0.05) is 45.3 Å². The first kappa shape index (κ1) is 20.5. The summed E-state index contributed by atoms with van der Waals surface area (Å²) in [5.74, 6) is 1.63. The molecule has 2 heterocycles. The fourth-order valence-electron chi connectivity index (χ4n) is 3.79. The summed E-state index contributed by atoms with van der Waals surface area (Å²) >= 11 is 0. The van der Waals surface area contributed by atoms with E-state index in [1.807, 2.05) is 29.2 Å². The fourth-order valence-corrected chi connectivity index (χ4v) is 3.79. The summed E-state index contributed by atoms with van der Waals surface area (Å²) in [7, 11) is 1.81. The van der Waals surface area contributed by atoms with E-state index in [1.54, 1.807) is 7.05 Å². The number of piperidine rings is 1. The second-order valence-corrected chi connectivity index (χ2v) is 7.70. The standard InChI is InChI=1S/C21H33N5O2/c1-16(2)25-13-9-17(10-14-25)24-21(22-3)23-11-6-12-26-18-7-4-5-8-19(18)28-15-20(26)27/h4-5,7-8,16-17H,6,9-15H2,1-3H3,(H2,22,23,24). The van der Waals surface area contributed by atoms with E-state index >= 15 is 0 Å². The lowest BCUT2D eigenvalue weighted by Gasteiger charge is -2.35. The molecule has 1 aromatic carbocycles. The van der Waals surface area contributed by atoms with Gasteiger partial charge in [0.25, 0.3) is 5.91 Å². The van der Waals surface area contributed by atoms with Crippen molar-refractivity contribution in [3.63, 3.8) is 0 Å². The maximum atomic E-state index is 12.2. The van der Waals surface area contributed by atoms with E-state index in [2.05, 4.69) is 34.4 Å². The topological polar surface area (TPSA) is 69.2 Å². The molecule has 2 aliphatic rings. The fraction of sp³-hybridized carbons (Fsp3) is 0.619. The maximum absolute atomic E-state index is 12.2. The molecule has 0 atom stereocenters. The van der Waals surface area contributed by atoms with E-state index < -0.39 is 0 Å². The number of rotatable bonds is 6. The van der Waals surface area contributed by atoms with Crippen molar-refractivity contribution >= 4 is 17.6 Å². The van der Waals surface area contributed by atoms with Gasteiger partial charge in [0.2, 0.25) is 0 Å². The lowest BCUT2D eigenvalue weighted by Crippen LogP contribution is -2.50. The van der Waals surface area contributed by atoms with Crippen LogP contribution < -0.4 is 20.3 Å². The van der Waals surface area contributed by atoms with Crippen LogP contribution in [0.4, 0.5) is 5.69 Å². The van der Waals surface area contributed by atoms with Crippen LogP contribution in [0.1, 0.15) is 33.1 Å². The normalized spacial score (nSPS) is 18.8. The Morgan fingerprint density at radius 2 is 2.04 bits per heavy atom. The first-order valence-corrected chi connectivity index (χ1v) is 10.3. The number of fused-ring (bicyclic) bond motifs is 1. The van der Waals surface area contributed by atoms with Crippen LogP contribution in [0.5, 0.6) is 5.75 Å². The van der Waals surface area contributed by atoms with Crippen LogP contribution in [0.15, 0.2) is 29.3 Å². The number of benzene rings is 1. The summed E-state index contributed by atoms with van der Waals surface area (Å²) in [4.78, 5) is 20.9. The predicted octanol–water partition coefficient (Wildman–Crippen LogP) is 1.84. The summed E-state index contributed by atoms with van der Waals surface area (Å²) in [6.45, 7) is 8.31. The summed E-state index contributed by atoms with van der Waals surface area (Å²) < 4.78 is 5.50. The summed E-state index contributed by atoms with van der Waals surface area (Å²) in [5.41, 5.74) is 0.859. The molecule has 0 aliphatic carbocycles. The van der Waals surface area contributed by atoms with Crippen LogP contribution in [0.3, 0.4) is 0 Å². The Bertz CT molecular complexity index is 683. The average molecular weight is 388 g/mol. The Balaban J connectivity index is 1.41. The number of amides is 1. The molecular weight excluding hydrogens is 354 g/mol. The summed E-state index contributed by atoms with van der Waals surface area (Å²) in [6, 6.07) is 8.78. The average Bonchev–Trinajstić information content (AvgIpc) is 2.71. The monoisotopic (exact) mass is 387 g/mol. The highest BCUT2D eigenvalue weighted by Crippen LogP contribution is 2.31. The molecule has 0 spiro atoms. The number of para-hydroxylation sites is 2. The Hall–Kier alpha value is -2.28. The van der Waals surface area contributed by atoms with Gasteiger partial charge in [0.15, 0.2) is 12.6 Å². The molecule has 154 valence electrons. The highest BCUT2D eigenvalue weighted by Gasteiger charge is 2.24. The van der Waals surface area contributed by atoms with Gasteiger partial charge in [0.05, 0.1) is 5.69 Å². The summed E-state index contributed by atoms with van der Waals surface area (Å²) in [5, 5.41) is 6.92. The van der Waals surface area contributed by atoms with Gasteiger partial charge in [-0.15, -0.1) is 0 Å². The molecule has 7 nitrogen and oxygen atoms in total. The van der Waals surface area contributed by atoms with Crippen LogP contribution in [-0.2, 0) is 4.79 Å². The largest absolute Gasteiger partial charge is 0.482 e. The van der Waals surface area contributed by atoms with Gasteiger partial charge in [-0.1, -0.05) is 12.1 Å². The number of anilines is 1. The van der Waals surface area contributed by atoms with Crippen molar-refractivity contribution in [2.75, 3.05) is 44.7 Å². The molecule has 1 saturated heterocycles. The molecule has 7 heteroatoms. The minimum atomic E-state index is 0.0121. The molecule has 28 heavy (non-hydrogen) atoms. The molecule has 0 aromatic heterocycles. The molecule has 0 saturated carbocycles. The quantitative estimate of drug-likeness (QED) is 0.443. The lowest BCUT2D eigenvalue weighted by molar-refractivity contribution is -0.121.